The molecule has 0 aliphatic heterocycles. The van der Waals surface area contributed by atoms with Gasteiger partial charge in [0.15, 0.2) is 0 Å². The molecule has 0 aliphatic carbocycles. The third-order valence-corrected chi connectivity index (χ3v) is 11.4. The molecular weight excluding hydrogens is 707 g/mol. The average molecular weight is 767 g/mol. The standard InChI is InChI=1S/C54H53N3O/c1-10-54(8,9)42-23-24-48(45(33-42)38-15-12-11-13-16-38)57-49-18-14-17-44(50(49)56-52(57)46-28-35(3)27-36(4)51(46)58)40-29-41(31-43(30-40)53(5,6)7)47-32-39(25-26-55-47)37-21-19-34(2)20-22-37/h11-33,58H,10H2,1-9H3/i2D3,19D,20D,21D,22D. The molecule has 58 heavy (non-hydrogen) atoms. The first kappa shape index (κ1) is 30.8. The van der Waals surface area contributed by atoms with E-state index in [0.717, 1.165) is 67.6 Å². The van der Waals surface area contributed by atoms with E-state index in [1.54, 1.807) is 18.3 Å². The SMILES string of the molecule is [2H]c1c([2H])c(C([2H])([2H])[2H])c([2H])c([2H])c1-c1ccnc(-c2cc(-c3cccc4c3nc(-c3cc(C)cc(C)c3O)n4-c3ccc(C(C)(C)CC)cc3-c3ccccc3)cc(C(C)(C)C)c2)c1. The summed E-state index contributed by atoms with van der Waals surface area (Å²) in [4.78, 5) is 10.2. The van der Waals surface area contributed by atoms with E-state index < -0.39 is 36.6 Å². The number of aryl methyl sites for hydroxylation is 2. The summed E-state index contributed by atoms with van der Waals surface area (Å²) in [5, 5.41) is 11.8. The highest BCUT2D eigenvalue weighted by atomic mass is 16.3. The Balaban J connectivity index is 1.40. The van der Waals surface area contributed by atoms with Crippen molar-refractivity contribution >= 4 is 11.0 Å². The van der Waals surface area contributed by atoms with Gasteiger partial charge in [-0.2, -0.15) is 0 Å². The van der Waals surface area contributed by atoms with Crippen LogP contribution in [0.1, 0.15) is 85.4 Å². The van der Waals surface area contributed by atoms with Gasteiger partial charge in [-0.15, -0.1) is 0 Å². The van der Waals surface area contributed by atoms with Gasteiger partial charge in [0.1, 0.15) is 11.6 Å². The molecule has 0 aliphatic rings. The van der Waals surface area contributed by atoms with Crippen molar-refractivity contribution in [2.45, 2.75) is 79.5 Å². The molecule has 0 saturated carbocycles. The minimum atomic E-state index is -2.81. The number of phenolic OH excluding ortho intramolecular Hbond substituents is 1. The maximum Gasteiger partial charge on any atom is 0.149 e. The maximum absolute atomic E-state index is 11.8. The summed E-state index contributed by atoms with van der Waals surface area (Å²) in [6.45, 7) is 14.3. The molecule has 8 rings (SSSR count). The Kier molecular flexibility index (Phi) is 7.93. The minimum absolute atomic E-state index is 0.00230. The molecule has 0 fully saturated rings. The molecule has 0 spiro atoms. The van der Waals surface area contributed by atoms with Crippen LogP contribution in [-0.4, -0.2) is 19.6 Å². The molecule has 4 nitrogen and oxygen atoms in total. The first-order valence-corrected chi connectivity index (χ1v) is 19.9. The fourth-order valence-electron chi connectivity index (χ4n) is 7.66. The van der Waals surface area contributed by atoms with Crippen LogP contribution in [0.25, 0.3) is 72.7 Å². The van der Waals surface area contributed by atoms with Crippen LogP contribution in [0.4, 0.5) is 0 Å². The van der Waals surface area contributed by atoms with Gasteiger partial charge in [-0.25, -0.2) is 4.98 Å². The number of pyridine rings is 1. The van der Waals surface area contributed by atoms with Crippen molar-refractivity contribution < 1.29 is 14.7 Å². The van der Waals surface area contributed by atoms with Gasteiger partial charge in [0.25, 0.3) is 0 Å². The minimum Gasteiger partial charge on any atom is -0.507 e. The number of fused-ring (bicyclic) bond motifs is 1. The topological polar surface area (TPSA) is 50.9 Å². The van der Waals surface area contributed by atoms with Crippen molar-refractivity contribution in [2.24, 2.45) is 0 Å². The molecule has 8 aromatic rings. The third kappa shape index (κ3) is 7.24. The lowest BCUT2D eigenvalue weighted by Crippen LogP contribution is -2.16. The van der Waals surface area contributed by atoms with Crippen molar-refractivity contribution in [3.63, 3.8) is 0 Å². The van der Waals surface area contributed by atoms with E-state index in [2.05, 4.69) is 113 Å². The van der Waals surface area contributed by atoms with E-state index >= 15 is 0 Å². The van der Waals surface area contributed by atoms with Gasteiger partial charge >= 0.3 is 0 Å². The number of rotatable bonds is 8. The van der Waals surface area contributed by atoms with Crippen LogP contribution >= 0.6 is 0 Å². The summed E-state index contributed by atoms with van der Waals surface area (Å²) in [5.74, 6) is 0.763. The van der Waals surface area contributed by atoms with Gasteiger partial charge in [0.05, 0.1) is 33.5 Å². The normalized spacial score (nSPS) is 14.0. The summed E-state index contributed by atoms with van der Waals surface area (Å²) >= 11 is 0. The van der Waals surface area contributed by atoms with Gasteiger partial charge < -0.3 is 5.11 Å². The van der Waals surface area contributed by atoms with Crippen LogP contribution < -0.4 is 0 Å². The number of phenols is 1. The van der Waals surface area contributed by atoms with E-state index in [-0.39, 0.29) is 22.1 Å². The lowest BCUT2D eigenvalue weighted by Gasteiger charge is -2.26. The third-order valence-electron chi connectivity index (χ3n) is 11.4. The maximum atomic E-state index is 11.8. The largest absolute Gasteiger partial charge is 0.507 e. The second kappa shape index (κ2) is 14.9. The van der Waals surface area contributed by atoms with Crippen molar-refractivity contribution in [3.8, 4) is 67.5 Å². The van der Waals surface area contributed by atoms with Gasteiger partial charge in [-0.05, 0) is 131 Å². The van der Waals surface area contributed by atoms with Crippen molar-refractivity contribution in [1.82, 2.24) is 14.5 Å². The molecule has 0 amide bonds. The highest BCUT2D eigenvalue weighted by Gasteiger charge is 2.26. The van der Waals surface area contributed by atoms with E-state index in [4.69, 9.17) is 19.6 Å². The first-order chi connectivity index (χ1) is 30.6. The Morgan fingerprint density at radius 1 is 0.655 bits per heavy atom. The van der Waals surface area contributed by atoms with E-state index in [1.165, 1.54) is 5.56 Å². The Morgan fingerprint density at radius 3 is 2.14 bits per heavy atom. The molecule has 0 unspecified atom stereocenters. The molecule has 0 radical (unpaired) electrons. The summed E-state index contributed by atoms with van der Waals surface area (Å²) in [5.41, 5.74) is 11.6. The molecule has 1 N–H and O–H groups in total. The Labute approximate surface area is 353 Å². The zero-order chi connectivity index (χ0) is 46.9. The van der Waals surface area contributed by atoms with E-state index in [0.29, 0.717) is 22.6 Å². The van der Waals surface area contributed by atoms with Crippen LogP contribution in [0.15, 0.2) is 140 Å². The van der Waals surface area contributed by atoms with Crippen LogP contribution in [-0.2, 0) is 10.8 Å². The molecule has 290 valence electrons. The highest BCUT2D eigenvalue weighted by Crippen LogP contribution is 2.43. The number of aromatic nitrogens is 3. The average Bonchev–Trinajstić information content (AvgIpc) is 3.66. The first-order valence-electron chi connectivity index (χ1n) is 23.4. The number of para-hydroxylation sites is 1. The monoisotopic (exact) mass is 766 g/mol. The second-order valence-electron chi connectivity index (χ2n) is 17.0. The van der Waals surface area contributed by atoms with Crippen LogP contribution in [0.3, 0.4) is 0 Å². The number of imidazole rings is 1. The lowest BCUT2D eigenvalue weighted by molar-refractivity contribution is 0.472. The van der Waals surface area contributed by atoms with Crippen molar-refractivity contribution in [3.05, 3.63) is 167 Å². The Hall–Kier alpha value is -6.26. The fraction of sp³-hybridized carbons (Fsp3) is 0.222. The van der Waals surface area contributed by atoms with Crippen LogP contribution in [0, 0.1) is 20.7 Å². The second-order valence-corrected chi connectivity index (χ2v) is 17.0. The quantitative estimate of drug-likeness (QED) is 0.168. The molecule has 0 bridgehead atoms. The zero-order valence-corrected chi connectivity index (χ0v) is 34.5. The van der Waals surface area contributed by atoms with Crippen molar-refractivity contribution in [2.75, 3.05) is 0 Å². The molecule has 4 heteroatoms. The predicted molar refractivity (Wildman–Crippen MR) is 244 cm³/mol. The molecule has 0 saturated heterocycles. The highest BCUT2D eigenvalue weighted by molar-refractivity contribution is 5.98. The molecule has 6 aromatic carbocycles. The molecule has 2 aromatic heterocycles. The molecular formula is C54H53N3O. The summed E-state index contributed by atoms with van der Waals surface area (Å²) in [7, 11) is 0. The number of hydrogen-bond donors (Lipinski definition) is 1. The van der Waals surface area contributed by atoms with Gasteiger partial charge in [0, 0.05) is 27.0 Å². The van der Waals surface area contributed by atoms with Gasteiger partial charge in [0.2, 0.25) is 0 Å². The smallest absolute Gasteiger partial charge is 0.149 e. The number of nitrogens with zero attached hydrogens (tertiary/aromatic N) is 3. The van der Waals surface area contributed by atoms with Gasteiger partial charge in [-0.3, -0.25) is 9.55 Å². The van der Waals surface area contributed by atoms with Crippen LogP contribution in [0.2, 0.25) is 0 Å². The van der Waals surface area contributed by atoms with E-state index in [9.17, 15) is 5.11 Å². The summed E-state index contributed by atoms with van der Waals surface area (Å²) in [6, 6.07) is 34.8. The molecule has 0 atom stereocenters. The van der Waals surface area contributed by atoms with Gasteiger partial charge in [-0.1, -0.05) is 132 Å². The van der Waals surface area contributed by atoms with Crippen LogP contribution in [0.5, 0.6) is 5.75 Å². The lowest BCUT2D eigenvalue weighted by atomic mass is 9.81. The fourth-order valence-corrected chi connectivity index (χ4v) is 7.66. The zero-order valence-electron chi connectivity index (χ0n) is 41.5. The number of hydrogen-bond acceptors (Lipinski definition) is 3. The molecule has 2 heterocycles. The Morgan fingerprint density at radius 2 is 1.41 bits per heavy atom. The number of benzene rings is 6. The number of aromatic hydroxyl groups is 1. The van der Waals surface area contributed by atoms with Crippen molar-refractivity contribution in [1.29, 1.82) is 0 Å². The Bertz CT molecular complexity index is 3130. The predicted octanol–water partition coefficient (Wildman–Crippen LogP) is 14.4. The summed E-state index contributed by atoms with van der Waals surface area (Å²) < 4.78 is 60.6. The summed E-state index contributed by atoms with van der Waals surface area (Å²) in [6.07, 6.45) is 2.53. The van der Waals surface area contributed by atoms with E-state index in [1.807, 2.05) is 44.2 Å².